The second-order valence-electron chi connectivity index (χ2n) is 3.14. The summed E-state index contributed by atoms with van der Waals surface area (Å²) >= 11 is 5.70. The van der Waals surface area contributed by atoms with Gasteiger partial charge in [0.2, 0.25) is 0 Å². The van der Waals surface area contributed by atoms with Gasteiger partial charge in [0.25, 0.3) is 0 Å². The number of hydrogen-bond acceptors (Lipinski definition) is 4. The van der Waals surface area contributed by atoms with Crippen LogP contribution < -0.4 is 5.73 Å². The van der Waals surface area contributed by atoms with Crippen molar-refractivity contribution >= 4 is 17.3 Å². The van der Waals surface area contributed by atoms with E-state index in [4.69, 9.17) is 22.6 Å². The smallest absolute Gasteiger partial charge is 0.131 e. The molecule has 0 aliphatic rings. The molecule has 2 rings (SSSR count). The molecule has 2 aromatic heterocycles. The molecule has 0 radical (unpaired) electrons. The Morgan fingerprint density at radius 2 is 2.06 bits per heavy atom. The van der Waals surface area contributed by atoms with Gasteiger partial charge < -0.3 is 5.73 Å². The molecule has 0 aliphatic heterocycles. The van der Waals surface area contributed by atoms with E-state index in [1.165, 1.54) is 6.20 Å². The molecule has 0 saturated carbocycles. The maximum atomic E-state index is 8.65. The van der Waals surface area contributed by atoms with E-state index >= 15 is 0 Å². The first-order valence-electron chi connectivity index (χ1n) is 4.48. The second-order valence-corrected chi connectivity index (χ2v) is 3.53. The van der Waals surface area contributed by atoms with E-state index in [-0.39, 0.29) is 0 Å². The Kier molecular flexibility index (Phi) is 2.71. The molecule has 0 bridgehead atoms. The minimum absolute atomic E-state index is 0.342. The lowest BCUT2D eigenvalue weighted by atomic mass is 10.1. The number of hydrogen-bond donors (Lipinski definition) is 1. The van der Waals surface area contributed by atoms with Crippen molar-refractivity contribution in [1.82, 2.24) is 9.97 Å². The molecule has 2 aromatic rings. The number of pyridine rings is 2. The van der Waals surface area contributed by atoms with Gasteiger partial charge in [-0.1, -0.05) is 11.6 Å². The Labute approximate surface area is 97.3 Å². The third kappa shape index (κ3) is 1.95. The molecule has 16 heavy (non-hydrogen) atoms. The van der Waals surface area contributed by atoms with E-state index in [0.29, 0.717) is 27.7 Å². The first-order chi connectivity index (χ1) is 7.70. The number of nitrogens with zero attached hydrogens (tertiary/aromatic N) is 3. The van der Waals surface area contributed by atoms with E-state index in [1.54, 1.807) is 24.4 Å². The highest BCUT2D eigenvalue weighted by Gasteiger charge is 2.05. The van der Waals surface area contributed by atoms with E-state index in [0.717, 1.165) is 0 Å². The first-order valence-corrected chi connectivity index (χ1v) is 4.86. The summed E-state index contributed by atoms with van der Waals surface area (Å²) in [5, 5.41) is 8.99. The molecule has 4 nitrogen and oxygen atoms in total. The molecule has 0 atom stereocenters. The number of aromatic nitrogens is 2. The molecular formula is C11H7ClN4. The number of halogens is 1. The monoisotopic (exact) mass is 230 g/mol. The van der Waals surface area contributed by atoms with Crippen LogP contribution in [0.15, 0.2) is 30.6 Å². The molecule has 0 aromatic carbocycles. The lowest BCUT2D eigenvalue weighted by molar-refractivity contribution is 1.27. The van der Waals surface area contributed by atoms with Crippen LogP contribution in [-0.2, 0) is 0 Å². The van der Waals surface area contributed by atoms with E-state index in [2.05, 4.69) is 9.97 Å². The molecule has 0 saturated heterocycles. The van der Waals surface area contributed by atoms with Crippen molar-refractivity contribution in [1.29, 1.82) is 5.26 Å². The summed E-state index contributed by atoms with van der Waals surface area (Å²) in [5.41, 5.74) is 8.18. The van der Waals surface area contributed by atoms with Gasteiger partial charge in [-0.3, -0.25) is 4.98 Å². The van der Waals surface area contributed by atoms with Crippen molar-refractivity contribution < 1.29 is 0 Å². The van der Waals surface area contributed by atoms with Gasteiger partial charge in [-0.15, -0.1) is 0 Å². The predicted molar refractivity (Wildman–Crippen MR) is 61.6 cm³/mol. The lowest BCUT2D eigenvalue weighted by Crippen LogP contribution is -1.93. The highest BCUT2D eigenvalue weighted by molar-refractivity contribution is 6.29. The van der Waals surface area contributed by atoms with Crippen molar-refractivity contribution in [2.24, 2.45) is 0 Å². The fraction of sp³-hybridized carbons (Fsp3) is 0. The standard InChI is InChI=1S/C11H7ClN4/c12-11-3-9(14)8(6-16-11)10-2-1-7(4-13)5-15-10/h1-3,5-6H,(H2,14,16). The van der Waals surface area contributed by atoms with Crippen LogP contribution in [0.1, 0.15) is 5.56 Å². The Hall–Kier alpha value is -2.12. The van der Waals surface area contributed by atoms with Gasteiger partial charge in [0.05, 0.1) is 11.3 Å². The number of anilines is 1. The average Bonchev–Trinajstić information content (AvgIpc) is 2.29. The zero-order valence-corrected chi connectivity index (χ0v) is 8.94. The normalized spacial score (nSPS) is 9.75. The maximum Gasteiger partial charge on any atom is 0.131 e. The fourth-order valence-corrected chi connectivity index (χ4v) is 1.44. The fourth-order valence-electron chi connectivity index (χ4n) is 1.28. The van der Waals surface area contributed by atoms with Gasteiger partial charge in [0.15, 0.2) is 0 Å². The van der Waals surface area contributed by atoms with Crippen LogP contribution in [0.3, 0.4) is 0 Å². The molecular weight excluding hydrogens is 224 g/mol. The summed E-state index contributed by atoms with van der Waals surface area (Å²) in [4.78, 5) is 8.06. The molecule has 2 N–H and O–H groups in total. The van der Waals surface area contributed by atoms with Crippen molar-refractivity contribution in [2.45, 2.75) is 0 Å². The Balaban J connectivity index is 2.47. The topological polar surface area (TPSA) is 75.6 Å². The highest BCUT2D eigenvalue weighted by Crippen LogP contribution is 2.24. The average molecular weight is 231 g/mol. The summed E-state index contributed by atoms with van der Waals surface area (Å²) in [7, 11) is 0. The summed E-state index contributed by atoms with van der Waals surface area (Å²) in [6.07, 6.45) is 3.05. The lowest BCUT2D eigenvalue weighted by Gasteiger charge is -2.04. The van der Waals surface area contributed by atoms with Crippen molar-refractivity contribution in [2.75, 3.05) is 5.73 Å². The van der Waals surface area contributed by atoms with Gasteiger partial charge >= 0.3 is 0 Å². The molecule has 0 spiro atoms. The molecule has 78 valence electrons. The number of nitriles is 1. The van der Waals surface area contributed by atoms with Crippen molar-refractivity contribution in [3.8, 4) is 17.3 Å². The van der Waals surface area contributed by atoms with Crippen LogP contribution >= 0.6 is 11.6 Å². The van der Waals surface area contributed by atoms with Crippen LogP contribution in [0.2, 0.25) is 5.15 Å². The highest BCUT2D eigenvalue weighted by atomic mass is 35.5. The van der Waals surface area contributed by atoms with E-state index in [1.807, 2.05) is 6.07 Å². The Morgan fingerprint density at radius 3 is 2.62 bits per heavy atom. The third-order valence-electron chi connectivity index (χ3n) is 2.07. The van der Waals surface area contributed by atoms with E-state index in [9.17, 15) is 0 Å². The predicted octanol–water partition coefficient (Wildman–Crippen LogP) is 2.25. The van der Waals surface area contributed by atoms with Gasteiger partial charge in [-0.2, -0.15) is 5.26 Å². The van der Waals surface area contributed by atoms with Gasteiger partial charge in [-0.05, 0) is 18.2 Å². The summed E-state index contributed by atoms with van der Waals surface area (Å²) in [6.45, 7) is 0. The quantitative estimate of drug-likeness (QED) is 0.763. The zero-order valence-electron chi connectivity index (χ0n) is 8.18. The number of nitrogens with two attached hydrogens (primary N) is 1. The van der Waals surface area contributed by atoms with Gasteiger partial charge in [-0.25, -0.2) is 4.98 Å². The third-order valence-corrected chi connectivity index (χ3v) is 2.28. The Morgan fingerprint density at radius 1 is 1.25 bits per heavy atom. The number of nitrogen functional groups attached to an aromatic ring is 1. The largest absolute Gasteiger partial charge is 0.398 e. The SMILES string of the molecule is N#Cc1ccc(-c2cnc(Cl)cc2N)nc1. The summed E-state index contributed by atoms with van der Waals surface area (Å²) < 4.78 is 0. The van der Waals surface area contributed by atoms with Gasteiger partial charge in [0.1, 0.15) is 11.2 Å². The van der Waals surface area contributed by atoms with Crippen LogP contribution in [0.25, 0.3) is 11.3 Å². The molecule has 0 amide bonds. The van der Waals surface area contributed by atoms with Crippen molar-refractivity contribution in [3.63, 3.8) is 0 Å². The molecule has 0 fully saturated rings. The van der Waals surface area contributed by atoms with Crippen molar-refractivity contribution in [3.05, 3.63) is 41.3 Å². The van der Waals surface area contributed by atoms with Crippen LogP contribution in [0.5, 0.6) is 0 Å². The molecule has 5 heteroatoms. The maximum absolute atomic E-state index is 8.65. The van der Waals surface area contributed by atoms with E-state index < -0.39 is 0 Å². The summed E-state index contributed by atoms with van der Waals surface area (Å²) in [5.74, 6) is 0. The van der Waals surface area contributed by atoms with Gasteiger partial charge in [0, 0.05) is 23.6 Å². The zero-order chi connectivity index (χ0) is 11.5. The minimum atomic E-state index is 0.342. The minimum Gasteiger partial charge on any atom is -0.398 e. The van der Waals surface area contributed by atoms with Crippen LogP contribution in [0, 0.1) is 11.3 Å². The first kappa shape index (κ1) is 10.4. The Bertz CT molecular complexity index is 557. The summed E-state index contributed by atoms with van der Waals surface area (Å²) in [6, 6.07) is 6.96. The molecule has 0 unspecified atom stereocenters. The number of rotatable bonds is 1. The molecule has 2 heterocycles. The van der Waals surface area contributed by atoms with Crippen LogP contribution in [0.4, 0.5) is 5.69 Å². The van der Waals surface area contributed by atoms with Crippen LogP contribution in [-0.4, -0.2) is 9.97 Å². The molecule has 0 aliphatic carbocycles. The second kappa shape index (κ2) is 4.17.